The smallest absolute Gasteiger partial charge is 0.308 e. The maximum Gasteiger partial charge on any atom is 0.308 e. The summed E-state index contributed by atoms with van der Waals surface area (Å²) in [7, 11) is 0. The van der Waals surface area contributed by atoms with Crippen LogP contribution in [0.4, 0.5) is 0 Å². The number of carbonyl (C=O) groups is 3. The van der Waals surface area contributed by atoms with Gasteiger partial charge >= 0.3 is 5.97 Å². The summed E-state index contributed by atoms with van der Waals surface area (Å²) in [6, 6.07) is 14.2. The molecule has 1 aliphatic heterocycles. The quantitative estimate of drug-likeness (QED) is 0.624. The van der Waals surface area contributed by atoms with Gasteiger partial charge in [-0.25, -0.2) is 0 Å². The second kappa shape index (κ2) is 9.37. The van der Waals surface area contributed by atoms with Gasteiger partial charge in [0, 0.05) is 37.7 Å². The first-order valence-corrected chi connectivity index (χ1v) is 9.85. The van der Waals surface area contributed by atoms with Crippen molar-refractivity contribution in [3.63, 3.8) is 0 Å². The van der Waals surface area contributed by atoms with Gasteiger partial charge in [0.05, 0.1) is 0 Å². The van der Waals surface area contributed by atoms with Crippen molar-refractivity contribution >= 4 is 17.8 Å². The highest BCUT2D eigenvalue weighted by atomic mass is 16.5. The highest BCUT2D eigenvalue weighted by Gasteiger charge is 2.24. The van der Waals surface area contributed by atoms with Gasteiger partial charge in [0.25, 0.3) is 11.8 Å². The Hall–Kier alpha value is -3.15. The molecular weight excluding hydrogens is 368 g/mol. The van der Waals surface area contributed by atoms with E-state index in [1.807, 2.05) is 36.1 Å². The monoisotopic (exact) mass is 394 g/mol. The summed E-state index contributed by atoms with van der Waals surface area (Å²) in [5.41, 5.74) is 2.31. The van der Waals surface area contributed by atoms with Crippen LogP contribution < -0.4 is 10.1 Å². The molecule has 6 nitrogen and oxygen atoms in total. The highest BCUT2D eigenvalue weighted by molar-refractivity contribution is 5.95. The van der Waals surface area contributed by atoms with Crippen molar-refractivity contribution in [2.75, 3.05) is 19.6 Å². The summed E-state index contributed by atoms with van der Waals surface area (Å²) in [6.07, 6.45) is 1.71. The fourth-order valence-corrected chi connectivity index (χ4v) is 3.42. The van der Waals surface area contributed by atoms with Crippen molar-refractivity contribution in [1.82, 2.24) is 10.2 Å². The van der Waals surface area contributed by atoms with E-state index in [2.05, 4.69) is 5.32 Å². The molecule has 2 aromatic rings. The summed E-state index contributed by atoms with van der Waals surface area (Å²) in [5, 5.41) is 2.95. The summed E-state index contributed by atoms with van der Waals surface area (Å²) in [6.45, 7) is 5.26. The summed E-state index contributed by atoms with van der Waals surface area (Å²) >= 11 is 0. The van der Waals surface area contributed by atoms with Crippen LogP contribution in [0, 0.1) is 12.8 Å². The molecule has 2 amide bonds. The van der Waals surface area contributed by atoms with Crippen molar-refractivity contribution in [2.24, 2.45) is 5.92 Å². The van der Waals surface area contributed by atoms with Crippen LogP contribution in [0.25, 0.3) is 0 Å². The average Bonchev–Trinajstić information content (AvgIpc) is 2.72. The Morgan fingerprint density at radius 1 is 1.03 bits per heavy atom. The average molecular weight is 394 g/mol. The van der Waals surface area contributed by atoms with E-state index in [4.69, 9.17) is 4.74 Å². The number of ether oxygens (including phenoxy) is 1. The molecule has 1 heterocycles. The number of carbonyl (C=O) groups excluding carboxylic acids is 3. The van der Waals surface area contributed by atoms with Gasteiger partial charge in [0.2, 0.25) is 0 Å². The van der Waals surface area contributed by atoms with E-state index in [0.29, 0.717) is 36.9 Å². The molecule has 0 saturated carbocycles. The molecule has 0 aromatic heterocycles. The van der Waals surface area contributed by atoms with Crippen molar-refractivity contribution in [3.05, 3.63) is 65.2 Å². The molecule has 0 spiro atoms. The molecule has 0 bridgehead atoms. The van der Waals surface area contributed by atoms with Crippen molar-refractivity contribution < 1.29 is 19.1 Å². The molecule has 29 heavy (non-hydrogen) atoms. The summed E-state index contributed by atoms with van der Waals surface area (Å²) in [5.74, 6) is 0.132. The number of rotatable bonds is 5. The summed E-state index contributed by atoms with van der Waals surface area (Å²) < 4.78 is 5.02. The maximum atomic E-state index is 12.6. The number of aryl methyl sites for hydroxylation is 1. The fraction of sp³-hybridized carbons (Fsp3) is 0.348. The SMILES string of the molecule is CC(=O)Oc1cccc(C(=O)NCC2CCN(C(=O)c3ccc(C)cc3)CC2)c1. The molecule has 2 aromatic carbocycles. The Balaban J connectivity index is 1.47. The number of hydrogen-bond donors (Lipinski definition) is 1. The normalized spacial score (nSPS) is 14.3. The number of nitrogens with one attached hydrogen (secondary N) is 1. The van der Waals surface area contributed by atoms with E-state index in [0.717, 1.165) is 24.0 Å². The Labute approximate surface area is 170 Å². The Kier molecular flexibility index (Phi) is 6.65. The van der Waals surface area contributed by atoms with E-state index in [1.54, 1.807) is 24.3 Å². The zero-order chi connectivity index (χ0) is 20.8. The third kappa shape index (κ3) is 5.67. The molecule has 0 radical (unpaired) electrons. The second-order valence-electron chi connectivity index (χ2n) is 7.43. The van der Waals surface area contributed by atoms with Crippen LogP contribution in [0.1, 0.15) is 46.0 Å². The zero-order valence-electron chi connectivity index (χ0n) is 16.8. The standard InChI is InChI=1S/C23H26N2O4/c1-16-6-8-19(9-7-16)23(28)25-12-10-18(11-13-25)15-24-22(27)20-4-3-5-21(14-20)29-17(2)26/h3-9,14,18H,10-13,15H2,1-2H3,(H,24,27). The number of nitrogens with zero attached hydrogens (tertiary/aromatic N) is 1. The lowest BCUT2D eigenvalue weighted by Gasteiger charge is -2.32. The molecule has 1 fully saturated rings. The van der Waals surface area contributed by atoms with Crippen LogP contribution in [0.15, 0.2) is 48.5 Å². The molecule has 6 heteroatoms. The minimum Gasteiger partial charge on any atom is -0.427 e. The maximum absolute atomic E-state index is 12.6. The lowest BCUT2D eigenvalue weighted by Crippen LogP contribution is -2.41. The van der Waals surface area contributed by atoms with Crippen LogP contribution in [0.5, 0.6) is 5.75 Å². The van der Waals surface area contributed by atoms with Gasteiger partial charge < -0.3 is 15.0 Å². The molecule has 1 saturated heterocycles. The molecule has 152 valence electrons. The number of piperidine rings is 1. The molecule has 1 N–H and O–H groups in total. The molecule has 0 unspecified atom stereocenters. The number of amides is 2. The van der Waals surface area contributed by atoms with E-state index in [1.165, 1.54) is 6.92 Å². The molecule has 3 rings (SSSR count). The first-order valence-electron chi connectivity index (χ1n) is 9.85. The van der Waals surface area contributed by atoms with Crippen LogP contribution in [-0.2, 0) is 4.79 Å². The first-order chi connectivity index (χ1) is 13.9. The Morgan fingerprint density at radius 3 is 2.38 bits per heavy atom. The predicted molar refractivity (Wildman–Crippen MR) is 110 cm³/mol. The second-order valence-corrected chi connectivity index (χ2v) is 7.43. The fourth-order valence-electron chi connectivity index (χ4n) is 3.42. The number of hydrogen-bond acceptors (Lipinski definition) is 4. The van der Waals surface area contributed by atoms with Gasteiger partial charge in [-0.1, -0.05) is 23.8 Å². The van der Waals surface area contributed by atoms with Gasteiger partial charge in [0.1, 0.15) is 5.75 Å². The van der Waals surface area contributed by atoms with Gasteiger partial charge in [-0.2, -0.15) is 0 Å². The van der Waals surface area contributed by atoms with Crippen LogP contribution in [0.3, 0.4) is 0 Å². The molecule has 0 aliphatic carbocycles. The largest absolute Gasteiger partial charge is 0.427 e. The number of esters is 1. The van der Waals surface area contributed by atoms with Gasteiger partial charge in [-0.05, 0) is 56.0 Å². The molecular formula is C23H26N2O4. The minimum atomic E-state index is -0.422. The van der Waals surface area contributed by atoms with Crippen molar-refractivity contribution in [2.45, 2.75) is 26.7 Å². The third-order valence-electron chi connectivity index (χ3n) is 5.11. The van der Waals surface area contributed by atoms with Gasteiger partial charge in [-0.15, -0.1) is 0 Å². The lowest BCUT2D eigenvalue weighted by atomic mass is 9.96. The first kappa shape index (κ1) is 20.6. The van der Waals surface area contributed by atoms with E-state index in [9.17, 15) is 14.4 Å². The lowest BCUT2D eigenvalue weighted by molar-refractivity contribution is -0.131. The minimum absolute atomic E-state index is 0.0646. The van der Waals surface area contributed by atoms with E-state index in [-0.39, 0.29) is 11.8 Å². The van der Waals surface area contributed by atoms with Gasteiger partial charge in [0.15, 0.2) is 0 Å². The molecule has 1 aliphatic rings. The topological polar surface area (TPSA) is 75.7 Å². The van der Waals surface area contributed by atoms with Crippen molar-refractivity contribution in [1.29, 1.82) is 0 Å². The van der Waals surface area contributed by atoms with Gasteiger partial charge in [-0.3, -0.25) is 14.4 Å². The predicted octanol–water partition coefficient (Wildman–Crippen LogP) is 3.20. The number of benzene rings is 2. The van der Waals surface area contributed by atoms with Crippen molar-refractivity contribution in [3.8, 4) is 5.75 Å². The van der Waals surface area contributed by atoms with E-state index < -0.39 is 5.97 Å². The number of likely N-dealkylation sites (tertiary alicyclic amines) is 1. The Morgan fingerprint density at radius 2 is 1.72 bits per heavy atom. The third-order valence-corrected chi connectivity index (χ3v) is 5.11. The zero-order valence-corrected chi connectivity index (χ0v) is 16.8. The highest BCUT2D eigenvalue weighted by Crippen LogP contribution is 2.19. The van der Waals surface area contributed by atoms with Crippen LogP contribution >= 0.6 is 0 Å². The summed E-state index contributed by atoms with van der Waals surface area (Å²) in [4.78, 5) is 37.9. The van der Waals surface area contributed by atoms with E-state index >= 15 is 0 Å². The van der Waals surface area contributed by atoms with Crippen LogP contribution in [0.2, 0.25) is 0 Å². The molecule has 0 atom stereocenters. The Bertz CT molecular complexity index is 884. The van der Waals surface area contributed by atoms with Crippen LogP contribution in [-0.4, -0.2) is 42.3 Å².